The minimum Gasteiger partial charge on any atom is -0.481 e. The van der Waals surface area contributed by atoms with Gasteiger partial charge in [0.2, 0.25) is 0 Å². The Morgan fingerprint density at radius 3 is 2.56 bits per heavy atom. The number of carboxylic acids is 1. The van der Waals surface area contributed by atoms with Crippen LogP contribution >= 0.6 is 0 Å². The average Bonchev–Trinajstić information content (AvgIpc) is 2.21. The van der Waals surface area contributed by atoms with Gasteiger partial charge in [-0.05, 0) is 37.0 Å². The van der Waals surface area contributed by atoms with E-state index in [-0.39, 0.29) is 23.5 Å². The van der Waals surface area contributed by atoms with E-state index in [2.05, 4.69) is 0 Å². The highest BCUT2D eigenvalue weighted by molar-refractivity contribution is 5.66. The number of carboxylic acid groups (broad SMARTS) is 1. The number of aliphatic carboxylic acids is 1. The zero-order valence-electron chi connectivity index (χ0n) is 10.4. The molecular weight excluding hydrogens is 240 g/mol. The summed E-state index contributed by atoms with van der Waals surface area (Å²) in [6, 6.07) is 1.49. The second kappa shape index (κ2) is 5.91. The normalized spacial score (nSPS) is 14.3. The van der Waals surface area contributed by atoms with Crippen molar-refractivity contribution < 1.29 is 18.7 Å². The van der Waals surface area contributed by atoms with Crippen LogP contribution in [0.4, 0.5) is 8.78 Å². The maximum Gasteiger partial charge on any atom is 0.303 e. The second-order valence-electron chi connectivity index (χ2n) is 4.67. The highest BCUT2D eigenvalue weighted by atomic mass is 19.1. The van der Waals surface area contributed by atoms with E-state index < -0.39 is 23.6 Å². The fraction of sp³-hybridized carbons (Fsp3) is 0.462. The van der Waals surface area contributed by atoms with Gasteiger partial charge in [-0.1, -0.05) is 6.92 Å². The zero-order chi connectivity index (χ0) is 13.9. The molecule has 2 unspecified atom stereocenters. The fourth-order valence-corrected chi connectivity index (χ4v) is 1.89. The third-order valence-electron chi connectivity index (χ3n) is 2.86. The van der Waals surface area contributed by atoms with Crippen molar-refractivity contribution in [1.82, 2.24) is 0 Å². The number of aryl methyl sites for hydroxylation is 1. The van der Waals surface area contributed by atoms with Gasteiger partial charge in [-0.15, -0.1) is 0 Å². The highest BCUT2D eigenvalue weighted by Gasteiger charge is 2.18. The van der Waals surface area contributed by atoms with Gasteiger partial charge in [0.05, 0.1) is 0 Å². The molecule has 0 aliphatic carbocycles. The van der Waals surface area contributed by atoms with Crippen molar-refractivity contribution in [1.29, 1.82) is 0 Å². The van der Waals surface area contributed by atoms with Gasteiger partial charge in [0.1, 0.15) is 11.6 Å². The van der Waals surface area contributed by atoms with Crippen molar-refractivity contribution in [2.24, 2.45) is 11.7 Å². The van der Waals surface area contributed by atoms with Crippen LogP contribution in [0.5, 0.6) is 0 Å². The minimum absolute atomic E-state index is 0.0380. The molecule has 100 valence electrons. The monoisotopic (exact) mass is 257 g/mol. The molecule has 0 bridgehead atoms. The summed E-state index contributed by atoms with van der Waals surface area (Å²) in [4.78, 5) is 10.5. The van der Waals surface area contributed by atoms with Crippen molar-refractivity contribution in [3.05, 3.63) is 34.9 Å². The van der Waals surface area contributed by atoms with E-state index in [1.807, 2.05) is 0 Å². The first-order valence-corrected chi connectivity index (χ1v) is 5.74. The molecule has 1 aromatic rings. The molecule has 0 fully saturated rings. The Morgan fingerprint density at radius 1 is 1.39 bits per heavy atom. The number of hydrogen-bond acceptors (Lipinski definition) is 2. The van der Waals surface area contributed by atoms with E-state index in [1.165, 1.54) is 6.92 Å². The van der Waals surface area contributed by atoms with Gasteiger partial charge in [-0.3, -0.25) is 4.79 Å². The molecule has 3 nitrogen and oxygen atoms in total. The van der Waals surface area contributed by atoms with Crippen LogP contribution in [0.25, 0.3) is 0 Å². The maximum atomic E-state index is 13.6. The molecule has 3 N–H and O–H groups in total. The van der Waals surface area contributed by atoms with E-state index in [0.29, 0.717) is 6.42 Å². The lowest BCUT2D eigenvalue weighted by atomic mass is 9.93. The van der Waals surface area contributed by atoms with E-state index >= 15 is 0 Å². The molecule has 0 radical (unpaired) electrons. The number of rotatable bonds is 5. The van der Waals surface area contributed by atoms with Crippen molar-refractivity contribution >= 4 is 5.97 Å². The Hall–Kier alpha value is -1.49. The SMILES string of the molecule is Cc1cc(F)c(C(N)CC(C)CC(=O)O)cc1F. The number of nitrogens with two attached hydrogens (primary N) is 1. The molecule has 5 heteroatoms. The van der Waals surface area contributed by atoms with Crippen molar-refractivity contribution in [2.75, 3.05) is 0 Å². The lowest BCUT2D eigenvalue weighted by Gasteiger charge is -2.17. The van der Waals surface area contributed by atoms with Crippen molar-refractivity contribution in [3.63, 3.8) is 0 Å². The molecule has 1 aromatic carbocycles. The molecular formula is C13H17F2NO2. The first-order valence-electron chi connectivity index (χ1n) is 5.74. The van der Waals surface area contributed by atoms with Gasteiger partial charge in [0.15, 0.2) is 0 Å². The average molecular weight is 257 g/mol. The smallest absolute Gasteiger partial charge is 0.303 e. The molecule has 0 saturated carbocycles. The van der Waals surface area contributed by atoms with Gasteiger partial charge < -0.3 is 10.8 Å². The van der Waals surface area contributed by atoms with E-state index in [1.54, 1.807) is 6.92 Å². The molecule has 0 spiro atoms. The van der Waals surface area contributed by atoms with Crippen LogP contribution in [0.3, 0.4) is 0 Å². The summed E-state index contributed by atoms with van der Waals surface area (Å²) in [5.74, 6) is -2.18. The summed E-state index contributed by atoms with van der Waals surface area (Å²) >= 11 is 0. The van der Waals surface area contributed by atoms with Gasteiger partial charge >= 0.3 is 5.97 Å². The third-order valence-corrected chi connectivity index (χ3v) is 2.86. The standard InChI is InChI=1S/C13H17F2NO2/c1-7(4-13(17)18)3-12(16)9-6-10(14)8(2)5-11(9)15/h5-7,12H,3-4,16H2,1-2H3,(H,17,18). The van der Waals surface area contributed by atoms with Crippen LogP contribution in [0.1, 0.15) is 36.9 Å². The predicted molar refractivity (Wildman–Crippen MR) is 64.1 cm³/mol. The third kappa shape index (κ3) is 3.77. The van der Waals surface area contributed by atoms with E-state index in [4.69, 9.17) is 10.8 Å². The minimum atomic E-state index is -0.926. The Labute approximate surface area is 105 Å². The molecule has 0 aromatic heterocycles. The van der Waals surface area contributed by atoms with Crippen LogP contribution < -0.4 is 5.73 Å². The summed E-state index contributed by atoms with van der Waals surface area (Å²) in [6.07, 6.45) is 0.259. The number of hydrogen-bond donors (Lipinski definition) is 2. The first kappa shape index (κ1) is 14.6. The fourth-order valence-electron chi connectivity index (χ4n) is 1.89. The van der Waals surface area contributed by atoms with Gasteiger partial charge in [-0.2, -0.15) is 0 Å². The number of halogens is 2. The predicted octanol–water partition coefficient (Wildman–Crippen LogP) is 2.77. The summed E-state index contributed by atoms with van der Waals surface area (Å²) in [5, 5.41) is 8.63. The Kier molecular flexibility index (Phi) is 4.78. The van der Waals surface area contributed by atoms with Gasteiger partial charge in [-0.25, -0.2) is 8.78 Å². The second-order valence-corrected chi connectivity index (χ2v) is 4.67. The lowest BCUT2D eigenvalue weighted by molar-refractivity contribution is -0.138. The van der Waals surface area contributed by atoms with Crippen LogP contribution in [0.15, 0.2) is 12.1 Å². The lowest BCUT2D eigenvalue weighted by Crippen LogP contribution is -2.17. The molecule has 0 saturated heterocycles. The van der Waals surface area contributed by atoms with Crippen LogP contribution in [-0.4, -0.2) is 11.1 Å². The van der Waals surface area contributed by atoms with Gasteiger partial charge in [0, 0.05) is 18.0 Å². The first-order chi connectivity index (χ1) is 8.31. The molecule has 2 atom stereocenters. The zero-order valence-corrected chi connectivity index (χ0v) is 10.4. The van der Waals surface area contributed by atoms with E-state index in [9.17, 15) is 13.6 Å². The largest absolute Gasteiger partial charge is 0.481 e. The van der Waals surface area contributed by atoms with Crippen LogP contribution in [0, 0.1) is 24.5 Å². The number of benzene rings is 1. The Balaban J connectivity index is 2.81. The summed E-state index contributed by atoms with van der Waals surface area (Å²) in [5.41, 5.74) is 6.11. The Bertz CT molecular complexity index is 449. The highest BCUT2D eigenvalue weighted by Crippen LogP contribution is 2.25. The molecule has 18 heavy (non-hydrogen) atoms. The van der Waals surface area contributed by atoms with Crippen molar-refractivity contribution in [2.45, 2.75) is 32.7 Å². The molecule has 0 heterocycles. The van der Waals surface area contributed by atoms with Crippen molar-refractivity contribution in [3.8, 4) is 0 Å². The van der Waals surface area contributed by atoms with Gasteiger partial charge in [0.25, 0.3) is 0 Å². The van der Waals surface area contributed by atoms with Crippen LogP contribution in [0.2, 0.25) is 0 Å². The number of carbonyl (C=O) groups is 1. The summed E-state index contributed by atoms with van der Waals surface area (Å²) < 4.78 is 27.0. The van der Waals surface area contributed by atoms with Crippen LogP contribution in [-0.2, 0) is 4.79 Å². The maximum absolute atomic E-state index is 13.6. The molecule has 0 aliphatic heterocycles. The quantitative estimate of drug-likeness (QED) is 0.852. The van der Waals surface area contributed by atoms with E-state index in [0.717, 1.165) is 12.1 Å². The summed E-state index contributed by atoms with van der Waals surface area (Å²) in [7, 11) is 0. The Morgan fingerprint density at radius 2 is 2.00 bits per heavy atom. The molecule has 0 aliphatic rings. The topological polar surface area (TPSA) is 63.3 Å². The summed E-state index contributed by atoms with van der Waals surface area (Å²) in [6.45, 7) is 3.19. The molecule has 0 amide bonds. The molecule has 1 rings (SSSR count).